The quantitative estimate of drug-likeness (QED) is 0.538. The summed E-state index contributed by atoms with van der Waals surface area (Å²) in [6.45, 7) is 8.08. The van der Waals surface area contributed by atoms with E-state index < -0.39 is 0 Å². The molecular formula is C24H27N3O4. The summed E-state index contributed by atoms with van der Waals surface area (Å²) in [7, 11) is 0. The first-order valence-corrected chi connectivity index (χ1v) is 10.6. The van der Waals surface area contributed by atoms with Crippen molar-refractivity contribution in [2.45, 2.75) is 39.7 Å². The molecule has 0 saturated carbocycles. The van der Waals surface area contributed by atoms with Crippen LogP contribution in [0.4, 0.5) is 0 Å². The van der Waals surface area contributed by atoms with Crippen molar-refractivity contribution in [2.24, 2.45) is 0 Å². The topological polar surface area (TPSA) is 77.7 Å². The van der Waals surface area contributed by atoms with E-state index in [0.29, 0.717) is 55.9 Å². The Bertz CT molecular complexity index is 1050. The third kappa shape index (κ3) is 4.71. The van der Waals surface area contributed by atoms with Crippen molar-refractivity contribution in [1.82, 2.24) is 15.0 Å². The first-order chi connectivity index (χ1) is 15.1. The smallest absolute Gasteiger partial charge is 0.232 e. The number of carbonyl (C=O) groups is 1. The predicted octanol–water partition coefficient (Wildman–Crippen LogP) is 4.36. The Morgan fingerprint density at radius 2 is 1.81 bits per heavy atom. The average Bonchev–Trinajstić information content (AvgIpc) is 3.38. The van der Waals surface area contributed by atoms with Gasteiger partial charge in [-0.25, -0.2) is 0 Å². The third-order valence-corrected chi connectivity index (χ3v) is 5.30. The zero-order valence-electron chi connectivity index (χ0n) is 18.1. The first-order valence-electron chi connectivity index (χ1n) is 10.6. The van der Waals surface area contributed by atoms with Crippen molar-refractivity contribution in [3.8, 4) is 22.9 Å². The van der Waals surface area contributed by atoms with Crippen LogP contribution in [0.15, 0.2) is 47.0 Å². The molecule has 1 amide bonds. The van der Waals surface area contributed by atoms with Crippen LogP contribution in [0.3, 0.4) is 0 Å². The summed E-state index contributed by atoms with van der Waals surface area (Å²) in [6, 6.07) is 13.8. The second kappa shape index (κ2) is 9.20. The maximum absolute atomic E-state index is 12.6. The molecule has 4 rings (SSSR count). The van der Waals surface area contributed by atoms with Gasteiger partial charge in [-0.3, -0.25) is 4.79 Å². The van der Waals surface area contributed by atoms with E-state index in [9.17, 15) is 4.79 Å². The lowest BCUT2D eigenvalue weighted by molar-refractivity contribution is -0.128. The molecule has 31 heavy (non-hydrogen) atoms. The lowest BCUT2D eigenvalue weighted by atomic mass is 10.1. The number of ether oxygens (including phenoxy) is 2. The Hall–Kier alpha value is -3.35. The number of aromatic nitrogens is 2. The van der Waals surface area contributed by atoms with Gasteiger partial charge in [-0.1, -0.05) is 41.1 Å². The molecule has 1 saturated heterocycles. The molecule has 0 bridgehead atoms. The van der Waals surface area contributed by atoms with E-state index in [4.69, 9.17) is 14.0 Å². The molecule has 3 aromatic rings. The largest absolute Gasteiger partial charge is 0.490 e. The third-order valence-electron chi connectivity index (χ3n) is 5.30. The number of carbonyl (C=O) groups excluding carboxylic acids is 1. The monoisotopic (exact) mass is 421 g/mol. The second-order valence-corrected chi connectivity index (χ2v) is 7.64. The number of nitrogens with zero attached hydrogens (tertiary/aromatic N) is 3. The minimum atomic E-state index is -0.103. The summed E-state index contributed by atoms with van der Waals surface area (Å²) < 4.78 is 16.8. The molecule has 2 aromatic carbocycles. The van der Waals surface area contributed by atoms with Crippen LogP contribution in [0.2, 0.25) is 0 Å². The van der Waals surface area contributed by atoms with E-state index in [1.165, 1.54) is 5.56 Å². The number of rotatable bonds is 8. The van der Waals surface area contributed by atoms with Gasteiger partial charge in [0.15, 0.2) is 11.5 Å². The average molecular weight is 421 g/mol. The zero-order chi connectivity index (χ0) is 21.8. The van der Waals surface area contributed by atoms with Crippen molar-refractivity contribution in [3.05, 3.63) is 59.5 Å². The molecule has 0 aliphatic carbocycles. The van der Waals surface area contributed by atoms with Gasteiger partial charge in [-0.05, 0) is 38.5 Å². The van der Waals surface area contributed by atoms with Crippen LogP contribution in [0.25, 0.3) is 11.4 Å². The summed E-state index contributed by atoms with van der Waals surface area (Å²) in [4.78, 5) is 19.0. The van der Waals surface area contributed by atoms with E-state index in [1.54, 1.807) is 0 Å². The zero-order valence-corrected chi connectivity index (χ0v) is 18.1. The fourth-order valence-electron chi connectivity index (χ4n) is 3.73. The van der Waals surface area contributed by atoms with E-state index in [-0.39, 0.29) is 11.8 Å². The molecule has 1 aliphatic heterocycles. The van der Waals surface area contributed by atoms with Crippen molar-refractivity contribution in [2.75, 3.05) is 19.8 Å². The Labute approximate surface area is 182 Å². The highest BCUT2D eigenvalue weighted by atomic mass is 16.5. The Morgan fingerprint density at radius 1 is 1.06 bits per heavy atom. The Kier molecular flexibility index (Phi) is 6.21. The van der Waals surface area contributed by atoms with Crippen LogP contribution in [0.5, 0.6) is 11.5 Å². The van der Waals surface area contributed by atoms with Crippen molar-refractivity contribution >= 4 is 5.91 Å². The molecule has 7 heteroatoms. The summed E-state index contributed by atoms with van der Waals surface area (Å²) in [6.07, 6.45) is 0.366. The van der Waals surface area contributed by atoms with Gasteiger partial charge in [0.1, 0.15) is 0 Å². The molecule has 162 valence electrons. The minimum Gasteiger partial charge on any atom is -0.490 e. The standard InChI is InChI=1S/C24H27N3O4/c1-4-29-20-11-8-17(12-21(20)30-5-2)14-27-15-19(13-22(27)28)24-25-23(26-31-24)18-9-6-16(3)7-10-18/h6-12,19H,4-5,13-15H2,1-3H3. The number of hydrogen-bond acceptors (Lipinski definition) is 6. The highest BCUT2D eigenvalue weighted by Crippen LogP contribution is 2.32. The van der Waals surface area contributed by atoms with E-state index in [1.807, 2.05) is 68.1 Å². The molecule has 1 aliphatic rings. The molecular weight excluding hydrogens is 394 g/mol. The minimum absolute atomic E-state index is 0.0759. The Morgan fingerprint density at radius 3 is 2.55 bits per heavy atom. The van der Waals surface area contributed by atoms with Gasteiger partial charge in [0.25, 0.3) is 0 Å². The Balaban J connectivity index is 1.45. The van der Waals surface area contributed by atoms with Crippen LogP contribution in [0.1, 0.15) is 43.2 Å². The van der Waals surface area contributed by atoms with Crippen LogP contribution in [0, 0.1) is 6.92 Å². The van der Waals surface area contributed by atoms with Crippen molar-refractivity contribution in [1.29, 1.82) is 0 Å². The van der Waals surface area contributed by atoms with Gasteiger partial charge in [-0.2, -0.15) is 4.98 Å². The molecule has 0 N–H and O–H groups in total. The van der Waals surface area contributed by atoms with E-state index in [0.717, 1.165) is 11.1 Å². The fraction of sp³-hybridized carbons (Fsp3) is 0.375. The fourth-order valence-corrected chi connectivity index (χ4v) is 3.73. The summed E-state index contributed by atoms with van der Waals surface area (Å²) in [5, 5.41) is 4.11. The molecule has 1 atom stereocenters. The van der Waals surface area contributed by atoms with Crippen LogP contribution in [-0.4, -0.2) is 40.7 Å². The van der Waals surface area contributed by atoms with Gasteiger partial charge < -0.3 is 18.9 Å². The van der Waals surface area contributed by atoms with Crippen LogP contribution < -0.4 is 9.47 Å². The van der Waals surface area contributed by atoms with Crippen LogP contribution >= 0.6 is 0 Å². The highest BCUT2D eigenvalue weighted by molar-refractivity contribution is 5.79. The first kappa shape index (κ1) is 20.9. The van der Waals surface area contributed by atoms with E-state index in [2.05, 4.69) is 10.1 Å². The SMILES string of the molecule is CCOc1ccc(CN2CC(c3nc(-c4ccc(C)cc4)no3)CC2=O)cc1OCC. The summed E-state index contributed by atoms with van der Waals surface area (Å²) >= 11 is 0. The lowest BCUT2D eigenvalue weighted by Gasteiger charge is -2.18. The van der Waals surface area contributed by atoms with Gasteiger partial charge in [0.05, 0.1) is 19.1 Å². The second-order valence-electron chi connectivity index (χ2n) is 7.64. The highest BCUT2D eigenvalue weighted by Gasteiger charge is 2.34. The van der Waals surface area contributed by atoms with Gasteiger partial charge in [0.2, 0.25) is 17.6 Å². The molecule has 7 nitrogen and oxygen atoms in total. The number of hydrogen-bond donors (Lipinski definition) is 0. The lowest BCUT2D eigenvalue weighted by Crippen LogP contribution is -2.24. The predicted molar refractivity (Wildman–Crippen MR) is 116 cm³/mol. The van der Waals surface area contributed by atoms with Gasteiger partial charge in [-0.15, -0.1) is 0 Å². The van der Waals surface area contributed by atoms with Crippen molar-refractivity contribution < 1.29 is 18.8 Å². The molecule has 0 radical (unpaired) electrons. The van der Waals surface area contributed by atoms with Gasteiger partial charge in [0, 0.05) is 25.1 Å². The molecule has 2 heterocycles. The normalized spacial score (nSPS) is 16.0. The van der Waals surface area contributed by atoms with Gasteiger partial charge >= 0.3 is 0 Å². The maximum atomic E-state index is 12.6. The number of amides is 1. The van der Waals surface area contributed by atoms with Crippen LogP contribution in [-0.2, 0) is 11.3 Å². The number of likely N-dealkylation sites (tertiary alicyclic amines) is 1. The summed E-state index contributed by atoms with van der Waals surface area (Å²) in [5.41, 5.74) is 3.07. The molecule has 0 spiro atoms. The molecule has 1 aromatic heterocycles. The summed E-state index contributed by atoms with van der Waals surface area (Å²) in [5.74, 6) is 2.44. The number of benzene rings is 2. The maximum Gasteiger partial charge on any atom is 0.232 e. The van der Waals surface area contributed by atoms with Crippen molar-refractivity contribution in [3.63, 3.8) is 0 Å². The van der Waals surface area contributed by atoms with E-state index >= 15 is 0 Å². The number of aryl methyl sites for hydroxylation is 1. The molecule has 1 fully saturated rings. The molecule has 1 unspecified atom stereocenters.